The van der Waals surface area contributed by atoms with Gasteiger partial charge in [-0.1, -0.05) is 0 Å². The average Bonchev–Trinajstić information content (AvgIpc) is 2.54. The molecule has 0 N–H and O–H groups in total. The Morgan fingerprint density at radius 1 is 1.41 bits per heavy atom. The molecule has 17 heavy (non-hydrogen) atoms. The van der Waals surface area contributed by atoms with Crippen LogP contribution in [0.5, 0.6) is 0 Å². The molecule has 0 aromatic carbocycles. The Labute approximate surface area is 99.8 Å². The molecule has 2 heterocycles. The summed E-state index contributed by atoms with van der Waals surface area (Å²) in [5.74, 6) is -0.393. The van der Waals surface area contributed by atoms with Crippen molar-refractivity contribution in [3.8, 4) is 0 Å². The van der Waals surface area contributed by atoms with Gasteiger partial charge in [0.05, 0.1) is 7.11 Å². The molecule has 0 saturated carbocycles. The van der Waals surface area contributed by atoms with Crippen molar-refractivity contribution < 1.29 is 23.8 Å². The number of esters is 1. The van der Waals surface area contributed by atoms with Crippen molar-refractivity contribution in [1.29, 1.82) is 0 Å². The summed E-state index contributed by atoms with van der Waals surface area (Å²) in [7, 11) is 2.86. The van der Waals surface area contributed by atoms with E-state index in [1.807, 2.05) is 0 Å². The predicted molar refractivity (Wildman–Crippen MR) is 56.7 cm³/mol. The van der Waals surface area contributed by atoms with Crippen LogP contribution >= 0.6 is 0 Å². The third-order valence-corrected chi connectivity index (χ3v) is 3.38. The zero-order valence-corrected chi connectivity index (χ0v) is 10.0. The molecular formula is C11H17NO5. The zero-order valence-electron chi connectivity index (χ0n) is 10.0. The summed E-state index contributed by atoms with van der Waals surface area (Å²) in [4.78, 5) is 25.1. The number of fused-ring (bicyclic) bond motifs is 2. The van der Waals surface area contributed by atoms with Gasteiger partial charge in [-0.2, -0.15) is 0 Å². The van der Waals surface area contributed by atoms with E-state index in [2.05, 4.69) is 0 Å². The number of piperidine rings is 1. The van der Waals surface area contributed by atoms with Crippen molar-refractivity contribution in [3.63, 3.8) is 0 Å². The van der Waals surface area contributed by atoms with Crippen LogP contribution in [0.1, 0.15) is 19.3 Å². The number of rotatable bonds is 4. The lowest BCUT2D eigenvalue weighted by Crippen LogP contribution is -2.50. The van der Waals surface area contributed by atoms with Crippen LogP contribution in [0, 0.1) is 5.92 Å². The number of hydrogen-bond acceptors (Lipinski definition) is 5. The summed E-state index contributed by atoms with van der Waals surface area (Å²) >= 11 is 0. The summed E-state index contributed by atoms with van der Waals surface area (Å²) in [6.07, 6.45) is 1.65. The molecule has 6 nitrogen and oxygen atoms in total. The Hall–Kier alpha value is -1.14. The third kappa shape index (κ3) is 2.14. The van der Waals surface area contributed by atoms with Crippen molar-refractivity contribution in [2.24, 2.45) is 5.92 Å². The summed E-state index contributed by atoms with van der Waals surface area (Å²) in [5, 5.41) is 0. The molecule has 3 atom stereocenters. The van der Waals surface area contributed by atoms with E-state index < -0.39 is 6.04 Å². The number of ether oxygens (including phenoxy) is 3. The summed E-state index contributed by atoms with van der Waals surface area (Å²) in [6, 6.07) is -0.506. The molecule has 0 aromatic heterocycles. The second kappa shape index (κ2) is 5.01. The zero-order chi connectivity index (χ0) is 12.4. The number of carbonyl (C=O) groups excluding carboxylic acids is 2. The van der Waals surface area contributed by atoms with Crippen molar-refractivity contribution in [1.82, 2.24) is 4.90 Å². The minimum atomic E-state index is -0.506. The van der Waals surface area contributed by atoms with Crippen LogP contribution in [0.2, 0.25) is 0 Å². The van der Waals surface area contributed by atoms with Gasteiger partial charge >= 0.3 is 5.97 Å². The van der Waals surface area contributed by atoms with Crippen LogP contribution in [0.15, 0.2) is 0 Å². The summed E-state index contributed by atoms with van der Waals surface area (Å²) in [6.45, 7) is 0.120. The molecule has 2 aliphatic heterocycles. The predicted octanol–water partition coefficient (Wildman–Crippen LogP) is 0.117. The van der Waals surface area contributed by atoms with E-state index in [0.717, 1.165) is 6.42 Å². The molecule has 0 aromatic rings. The van der Waals surface area contributed by atoms with E-state index in [9.17, 15) is 9.59 Å². The third-order valence-electron chi connectivity index (χ3n) is 3.38. The standard InChI is InChI=1S/C11H17NO5/c1-15-6-17-9-5-7-3-4-8(11(14)16-2)12(9)10(7)13/h7-9H,3-6H2,1-2H3. The number of methoxy groups -OCH3 is 2. The SMILES string of the molecule is COCOC1CC2CCC(C(=O)OC)N1C2=O. The van der Waals surface area contributed by atoms with E-state index in [1.165, 1.54) is 19.1 Å². The van der Waals surface area contributed by atoms with Gasteiger partial charge in [0.15, 0.2) is 0 Å². The Kier molecular flexibility index (Phi) is 3.63. The topological polar surface area (TPSA) is 65.1 Å². The fraction of sp³-hybridized carbons (Fsp3) is 0.818. The molecule has 2 saturated heterocycles. The maximum Gasteiger partial charge on any atom is 0.328 e. The molecule has 0 radical (unpaired) electrons. The molecule has 2 bridgehead atoms. The van der Waals surface area contributed by atoms with Crippen LogP contribution in [0.25, 0.3) is 0 Å². The lowest BCUT2D eigenvalue weighted by molar-refractivity contribution is -0.170. The fourth-order valence-corrected chi connectivity index (χ4v) is 2.57. The highest BCUT2D eigenvalue weighted by Crippen LogP contribution is 2.37. The number of hydrogen-bond donors (Lipinski definition) is 0. The van der Waals surface area contributed by atoms with Crippen molar-refractivity contribution in [3.05, 3.63) is 0 Å². The molecule has 0 spiro atoms. The van der Waals surface area contributed by atoms with Crippen molar-refractivity contribution in [2.45, 2.75) is 31.5 Å². The van der Waals surface area contributed by atoms with Gasteiger partial charge in [0, 0.05) is 19.4 Å². The molecule has 1 amide bonds. The molecule has 2 fully saturated rings. The lowest BCUT2D eigenvalue weighted by Gasteiger charge is -2.33. The molecule has 0 aliphatic carbocycles. The Morgan fingerprint density at radius 3 is 2.82 bits per heavy atom. The highest BCUT2D eigenvalue weighted by Gasteiger charge is 2.49. The summed E-state index contributed by atoms with van der Waals surface area (Å²) in [5.41, 5.74) is 0. The van der Waals surface area contributed by atoms with Crippen LogP contribution in [-0.4, -0.2) is 50.1 Å². The molecule has 3 unspecified atom stereocenters. The minimum absolute atomic E-state index is 0.00671. The van der Waals surface area contributed by atoms with Gasteiger partial charge in [0.25, 0.3) is 0 Å². The maximum atomic E-state index is 12.0. The maximum absolute atomic E-state index is 12.0. The molecule has 6 heteroatoms. The van der Waals surface area contributed by atoms with Gasteiger partial charge in [0.2, 0.25) is 5.91 Å². The lowest BCUT2D eigenvalue weighted by atomic mass is 9.95. The van der Waals surface area contributed by atoms with Crippen molar-refractivity contribution >= 4 is 11.9 Å². The van der Waals surface area contributed by atoms with Gasteiger partial charge < -0.3 is 19.1 Å². The molecular weight excluding hydrogens is 226 g/mol. The number of carbonyl (C=O) groups is 2. The van der Waals surface area contributed by atoms with Crippen LogP contribution in [0.3, 0.4) is 0 Å². The van der Waals surface area contributed by atoms with E-state index in [4.69, 9.17) is 14.2 Å². The number of nitrogens with zero attached hydrogens (tertiary/aromatic N) is 1. The first kappa shape index (κ1) is 12.3. The second-order valence-corrected chi connectivity index (χ2v) is 4.32. The van der Waals surface area contributed by atoms with Crippen LogP contribution in [-0.2, 0) is 23.8 Å². The molecule has 96 valence electrons. The highest BCUT2D eigenvalue weighted by molar-refractivity contribution is 5.88. The first-order valence-corrected chi connectivity index (χ1v) is 5.69. The normalized spacial score (nSPS) is 31.8. The van der Waals surface area contributed by atoms with Gasteiger partial charge in [0.1, 0.15) is 19.1 Å². The van der Waals surface area contributed by atoms with E-state index in [-0.39, 0.29) is 30.8 Å². The van der Waals surface area contributed by atoms with Gasteiger partial charge in [-0.25, -0.2) is 4.79 Å². The van der Waals surface area contributed by atoms with E-state index in [0.29, 0.717) is 12.8 Å². The van der Waals surface area contributed by atoms with E-state index >= 15 is 0 Å². The Morgan fingerprint density at radius 2 is 2.18 bits per heavy atom. The van der Waals surface area contributed by atoms with Crippen molar-refractivity contribution in [2.75, 3.05) is 21.0 Å². The fourth-order valence-electron chi connectivity index (χ4n) is 2.57. The average molecular weight is 243 g/mol. The van der Waals surface area contributed by atoms with Crippen LogP contribution < -0.4 is 0 Å². The van der Waals surface area contributed by atoms with Gasteiger partial charge in [-0.15, -0.1) is 0 Å². The largest absolute Gasteiger partial charge is 0.467 e. The molecule has 2 rings (SSSR count). The van der Waals surface area contributed by atoms with Crippen LogP contribution in [0.4, 0.5) is 0 Å². The highest BCUT2D eigenvalue weighted by atomic mass is 16.7. The quantitative estimate of drug-likeness (QED) is 0.518. The van der Waals surface area contributed by atoms with Gasteiger partial charge in [-0.3, -0.25) is 4.79 Å². The van der Waals surface area contributed by atoms with E-state index in [1.54, 1.807) is 0 Å². The first-order chi connectivity index (χ1) is 8.19. The van der Waals surface area contributed by atoms with Gasteiger partial charge in [-0.05, 0) is 12.8 Å². The smallest absolute Gasteiger partial charge is 0.328 e. The summed E-state index contributed by atoms with van der Waals surface area (Å²) < 4.78 is 15.0. The monoisotopic (exact) mass is 243 g/mol. The minimum Gasteiger partial charge on any atom is -0.467 e. The molecule has 2 aliphatic rings. The second-order valence-electron chi connectivity index (χ2n) is 4.32. The Balaban J connectivity index is 2.11. The number of amides is 1. The first-order valence-electron chi connectivity index (χ1n) is 5.69. The Bertz CT molecular complexity index is 319.